The van der Waals surface area contributed by atoms with E-state index < -0.39 is 5.97 Å². The van der Waals surface area contributed by atoms with Crippen molar-refractivity contribution in [2.75, 3.05) is 0 Å². The summed E-state index contributed by atoms with van der Waals surface area (Å²) in [4.78, 5) is 29.7. The molecule has 0 atom stereocenters. The molecule has 0 spiro atoms. The van der Waals surface area contributed by atoms with E-state index in [1.807, 2.05) is 12.1 Å². The fraction of sp³-hybridized carbons (Fsp3) is 0.241. The molecule has 4 aromatic rings. The lowest BCUT2D eigenvalue weighted by Gasteiger charge is -2.22. The number of nitrogens with zero attached hydrogens (tertiary/aromatic N) is 3. The van der Waals surface area contributed by atoms with Crippen LogP contribution in [0.1, 0.15) is 65.3 Å². The van der Waals surface area contributed by atoms with Gasteiger partial charge < -0.3 is 9.84 Å². The second-order valence-corrected chi connectivity index (χ2v) is 11.6. The molecule has 0 radical (unpaired) electrons. The van der Waals surface area contributed by atoms with Crippen LogP contribution in [-0.2, 0) is 6.61 Å². The first-order valence-electron chi connectivity index (χ1n) is 12.5. The van der Waals surface area contributed by atoms with Gasteiger partial charge in [0.05, 0.1) is 27.2 Å². The zero-order chi connectivity index (χ0) is 27.5. The van der Waals surface area contributed by atoms with Crippen LogP contribution in [0.15, 0.2) is 73.4 Å². The van der Waals surface area contributed by atoms with Gasteiger partial charge in [0.15, 0.2) is 0 Å². The molecule has 0 saturated heterocycles. The van der Waals surface area contributed by atoms with Crippen LogP contribution >= 0.6 is 43.5 Å². The number of hydrogen-bond donors (Lipinski definition) is 1. The van der Waals surface area contributed by atoms with Crippen LogP contribution in [0.25, 0.3) is 10.9 Å². The standard InChI is InChI=1S/C29H24Br2ClN3O4/c30-21-10-11-25-23(13-21)28(36)35(27(34-25)18-4-2-1-3-5-18)33-15-20-12-22(32)14-24(31)26(20)39-16-17-6-8-19(9-7-17)29(37)38/h6-15,18H,1-5,16H2,(H,37,38). The van der Waals surface area contributed by atoms with Crippen LogP contribution in [0, 0.1) is 0 Å². The first-order chi connectivity index (χ1) is 18.8. The second kappa shape index (κ2) is 12.0. The molecule has 0 aliphatic heterocycles. The topological polar surface area (TPSA) is 93.8 Å². The molecule has 5 rings (SSSR count). The number of carbonyl (C=O) groups is 1. The Morgan fingerprint density at radius 2 is 1.85 bits per heavy atom. The molecule has 1 N–H and O–H groups in total. The van der Waals surface area contributed by atoms with Gasteiger partial charge in [-0.05, 0) is 76.8 Å². The van der Waals surface area contributed by atoms with E-state index in [1.165, 1.54) is 23.2 Å². The van der Waals surface area contributed by atoms with E-state index in [9.17, 15) is 9.59 Å². The molecule has 0 amide bonds. The second-order valence-electron chi connectivity index (χ2n) is 9.42. The van der Waals surface area contributed by atoms with Gasteiger partial charge in [-0.1, -0.05) is 58.9 Å². The van der Waals surface area contributed by atoms with Gasteiger partial charge in [-0.25, -0.2) is 9.78 Å². The number of carboxylic acid groups (broad SMARTS) is 1. The first kappa shape index (κ1) is 27.6. The Kier molecular flexibility index (Phi) is 8.49. The Bertz CT molecular complexity index is 1630. The summed E-state index contributed by atoms with van der Waals surface area (Å²) in [6, 6.07) is 15.4. The van der Waals surface area contributed by atoms with Crippen LogP contribution < -0.4 is 10.3 Å². The predicted molar refractivity (Wildman–Crippen MR) is 159 cm³/mol. The maximum Gasteiger partial charge on any atom is 0.335 e. The Morgan fingerprint density at radius 1 is 1.10 bits per heavy atom. The molecule has 1 fully saturated rings. The van der Waals surface area contributed by atoms with Crippen LogP contribution in [-0.4, -0.2) is 27.0 Å². The van der Waals surface area contributed by atoms with Gasteiger partial charge in [0.2, 0.25) is 0 Å². The lowest BCUT2D eigenvalue weighted by atomic mass is 9.88. The number of hydrogen-bond acceptors (Lipinski definition) is 5. The number of benzene rings is 3. The van der Waals surface area contributed by atoms with Gasteiger partial charge in [-0.3, -0.25) is 4.79 Å². The number of aromatic nitrogens is 2. The molecule has 3 aromatic carbocycles. The van der Waals surface area contributed by atoms with Crippen molar-refractivity contribution in [1.82, 2.24) is 9.66 Å². The molecule has 0 bridgehead atoms. The monoisotopic (exact) mass is 671 g/mol. The van der Waals surface area contributed by atoms with Gasteiger partial charge in [0.1, 0.15) is 18.2 Å². The highest BCUT2D eigenvalue weighted by Gasteiger charge is 2.23. The number of rotatable bonds is 7. The summed E-state index contributed by atoms with van der Waals surface area (Å²) in [6.45, 7) is 0.194. The summed E-state index contributed by atoms with van der Waals surface area (Å²) in [6.07, 6.45) is 6.85. The minimum Gasteiger partial charge on any atom is -0.487 e. The third-order valence-electron chi connectivity index (χ3n) is 6.74. The Morgan fingerprint density at radius 3 is 2.56 bits per heavy atom. The SMILES string of the molecule is O=C(O)c1ccc(COc2c(Br)cc(Cl)cc2C=Nn2c(C3CCCCC3)nc3ccc(Br)cc3c2=O)cc1. The third-order valence-corrected chi connectivity index (χ3v) is 8.04. The molecule has 1 heterocycles. The average molecular weight is 674 g/mol. The highest BCUT2D eigenvalue weighted by atomic mass is 79.9. The highest BCUT2D eigenvalue weighted by Crippen LogP contribution is 2.34. The first-order valence-corrected chi connectivity index (χ1v) is 14.5. The summed E-state index contributed by atoms with van der Waals surface area (Å²) in [7, 11) is 0. The molecule has 1 aliphatic rings. The molecule has 7 nitrogen and oxygen atoms in total. The zero-order valence-electron chi connectivity index (χ0n) is 20.7. The van der Waals surface area contributed by atoms with E-state index in [4.69, 9.17) is 26.4 Å². The molecule has 1 aromatic heterocycles. The summed E-state index contributed by atoms with van der Waals surface area (Å²) in [5.41, 5.74) is 1.99. The minimum atomic E-state index is -0.986. The van der Waals surface area contributed by atoms with E-state index in [-0.39, 0.29) is 23.6 Å². The lowest BCUT2D eigenvalue weighted by molar-refractivity contribution is 0.0697. The lowest BCUT2D eigenvalue weighted by Crippen LogP contribution is -2.25. The summed E-state index contributed by atoms with van der Waals surface area (Å²) < 4.78 is 8.93. The summed E-state index contributed by atoms with van der Waals surface area (Å²) >= 11 is 13.3. The Hall–Kier alpha value is -3.01. The molecule has 200 valence electrons. The van der Waals surface area contributed by atoms with Crippen molar-refractivity contribution < 1.29 is 14.6 Å². The van der Waals surface area contributed by atoms with Gasteiger partial charge in [0.25, 0.3) is 5.56 Å². The fourth-order valence-corrected chi connectivity index (χ4v) is 6.06. The molecular formula is C29H24Br2ClN3O4. The fourth-order valence-electron chi connectivity index (χ4n) is 4.75. The van der Waals surface area contributed by atoms with Gasteiger partial charge >= 0.3 is 5.97 Å². The van der Waals surface area contributed by atoms with Crippen molar-refractivity contribution in [3.05, 3.63) is 101 Å². The van der Waals surface area contributed by atoms with E-state index in [1.54, 1.807) is 36.5 Å². The summed E-state index contributed by atoms with van der Waals surface area (Å²) in [5.74, 6) is 0.314. The van der Waals surface area contributed by atoms with Crippen LogP contribution in [0.3, 0.4) is 0 Å². The Labute approximate surface area is 246 Å². The smallest absolute Gasteiger partial charge is 0.335 e. The zero-order valence-corrected chi connectivity index (χ0v) is 24.7. The quantitative estimate of drug-likeness (QED) is 0.202. The number of ether oxygens (including phenoxy) is 1. The normalized spacial score (nSPS) is 14.2. The van der Waals surface area contributed by atoms with E-state index in [0.29, 0.717) is 37.5 Å². The highest BCUT2D eigenvalue weighted by molar-refractivity contribution is 9.10. The Balaban J connectivity index is 1.53. The maximum absolute atomic E-state index is 13.7. The van der Waals surface area contributed by atoms with Crippen LogP contribution in [0.5, 0.6) is 5.75 Å². The maximum atomic E-state index is 13.7. The summed E-state index contributed by atoms with van der Waals surface area (Å²) in [5, 5.41) is 14.7. The number of carboxylic acids is 1. The number of halogens is 3. The molecular weight excluding hydrogens is 650 g/mol. The molecule has 1 saturated carbocycles. The van der Waals surface area contributed by atoms with Crippen molar-refractivity contribution in [3.63, 3.8) is 0 Å². The van der Waals surface area contributed by atoms with Crippen LogP contribution in [0.2, 0.25) is 5.02 Å². The largest absolute Gasteiger partial charge is 0.487 e. The number of aromatic carboxylic acids is 1. The van der Waals surface area contributed by atoms with Crippen LogP contribution in [0.4, 0.5) is 0 Å². The van der Waals surface area contributed by atoms with Crippen molar-refractivity contribution in [3.8, 4) is 5.75 Å². The molecule has 10 heteroatoms. The van der Waals surface area contributed by atoms with Gasteiger partial charge in [-0.2, -0.15) is 9.78 Å². The van der Waals surface area contributed by atoms with Crippen molar-refractivity contribution in [2.45, 2.75) is 44.6 Å². The molecule has 1 aliphatic carbocycles. The van der Waals surface area contributed by atoms with Gasteiger partial charge in [0, 0.05) is 21.0 Å². The predicted octanol–water partition coefficient (Wildman–Crippen LogP) is 7.78. The van der Waals surface area contributed by atoms with Gasteiger partial charge in [-0.15, -0.1) is 0 Å². The van der Waals surface area contributed by atoms with E-state index in [2.05, 4.69) is 37.0 Å². The number of fused-ring (bicyclic) bond motifs is 1. The van der Waals surface area contributed by atoms with Crippen molar-refractivity contribution >= 4 is 66.5 Å². The third kappa shape index (κ3) is 6.26. The van der Waals surface area contributed by atoms with E-state index >= 15 is 0 Å². The van der Waals surface area contributed by atoms with Crippen molar-refractivity contribution in [2.24, 2.45) is 5.10 Å². The molecule has 0 unspecified atom stereocenters. The minimum absolute atomic E-state index is 0.146. The molecule has 39 heavy (non-hydrogen) atoms. The van der Waals surface area contributed by atoms with Crippen molar-refractivity contribution in [1.29, 1.82) is 0 Å². The average Bonchev–Trinajstić information content (AvgIpc) is 2.93. The van der Waals surface area contributed by atoms with E-state index in [0.717, 1.165) is 35.7 Å².